The minimum Gasteiger partial charge on any atom is -0.368 e. The third-order valence-corrected chi connectivity index (χ3v) is 2.35. The number of likely N-dealkylation sites (N-methyl/N-ethyl adjacent to an activating group) is 1. The number of carbonyl (C=O) groups is 1. The summed E-state index contributed by atoms with van der Waals surface area (Å²) >= 11 is 0. The van der Waals surface area contributed by atoms with Gasteiger partial charge >= 0.3 is 0 Å². The number of aromatic nitrogens is 2. The Labute approximate surface area is 83.3 Å². The van der Waals surface area contributed by atoms with Gasteiger partial charge in [0.15, 0.2) is 0 Å². The first-order chi connectivity index (χ1) is 6.48. The van der Waals surface area contributed by atoms with Crippen molar-refractivity contribution in [2.45, 2.75) is 25.9 Å². The third-order valence-electron chi connectivity index (χ3n) is 2.35. The van der Waals surface area contributed by atoms with Crippen molar-refractivity contribution in [2.75, 3.05) is 7.05 Å². The summed E-state index contributed by atoms with van der Waals surface area (Å²) in [6.45, 7) is 4.09. The van der Waals surface area contributed by atoms with E-state index in [0.717, 1.165) is 5.69 Å². The highest BCUT2D eigenvalue weighted by Crippen LogP contribution is 2.06. The molecule has 1 unspecified atom stereocenters. The molecule has 3 N–H and O–H groups in total. The van der Waals surface area contributed by atoms with E-state index in [9.17, 15) is 4.79 Å². The molecule has 1 atom stereocenters. The standard InChI is InChI=1S/C9H16N4O/c1-7-4-5-13(12-7)6-9(2,11-3)8(10)14/h4-5,11H,6H2,1-3H3,(H2,10,14). The van der Waals surface area contributed by atoms with Crippen molar-refractivity contribution < 1.29 is 4.79 Å². The van der Waals surface area contributed by atoms with Gasteiger partial charge in [-0.2, -0.15) is 5.10 Å². The molecule has 14 heavy (non-hydrogen) atoms. The predicted octanol–water partition coefficient (Wildman–Crippen LogP) is -0.345. The van der Waals surface area contributed by atoms with Crippen molar-refractivity contribution in [2.24, 2.45) is 5.73 Å². The SMILES string of the molecule is CNC(C)(Cn1ccc(C)n1)C(N)=O. The van der Waals surface area contributed by atoms with E-state index in [-0.39, 0.29) is 5.91 Å². The van der Waals surface area contributed by atoms with Gasteiger partial charge in [-0.15, -0.1) is 0 Å². The van der Waals surface area contributed by atoms with Crippen LogP contribution >= 0.6 is 0 Å². The molecule has 0 spiro atoms. The highest BCUT2D eigenvalue weighted by Gasteiger charge is 2.29. The topological polar surface area (TPSA) is 72.9 Å². The van der Waals surface area contributed by atoms with Gasteiger partial charge in [0, 0.05) is 6.20 Å². The quantitative estimate of drug-likeness (QED) is 0.691. The molecule has 0 fully saturated rings. The van der Waals surface area contributed by atoms with Crippen molar-refractivity contribution in [3.63, 3.8) is 0 Å². The molecule has 1 amide bonds. The summed E-state index contributed by atoms with van der Waals surface area (Å²) in [6, 6.07) is 1.89. The van der Waals surface area contributed by atoms with E-state index < -0.39 is 5.54 Å². The van der Waals surface area contributed by atoms with Gasteiger partial charge in [0.2, 0.25) is 5.91 Å². The Morgan fingerprint density at radius 3 is 2.79 bits per heavy atom. The van der Waals surface area contributed by atoms with E-state index in [1.807, 2.05) is 19.2 Å². The molecule has 5 heteroatoms. The Balaban J connectivity index is 2.80. The summed E-state index contributed by atoms with van der Waals surface area (Å²) in [5.74, 6) is -0.381. The largest absolute Gasteiger partial charge is 0.368 e. The molecule has 0 aliphatic heterocycles. The number of amides is 1. The molecule has 0 aliphatic carbocycles. The fourth-order valence-corrected chi connectivity index (χ4v) is 1.16. The first-order valence-corrected chi connectivity index (χ1v) is 4.47. The normalized spacial score (nSPS) is 15.1. The molecule has 1 aromatic rings. The maximum atomic E-state index is 11.2. The Hall–Kier alpha value is -1.36. The zero-order valence-electron chi connectivity index (χ0n) is 8.74. The van der Waals surface area contributed by atoms with E-state index >= 15 is 0 Å². The van der Waals surface area contributed by atoms with E-state index in [0.29, 0.717) is 6.54 Å². The molecular formula is C9H16N4O. The van der Waals surface area contributed by atoms with Crippen LogP contribution in [0.3, 0.4) is 0 Å². The van der Waals surface area contributed by atoms with Crippen molar-refractivity contribution in [1.82, 2.24) is 15.1 Å². The molecule has 78 valence electrons. The van der Waals surface area contributed by atoms with E-state index in [1.54, 1.807) is 18.7 Å². The minimum absolute atomic E-state index is 0.381. The fourth-order valence-electron chi connectivity index (χ4n) is 1.16. The van der Waals surface area contributed by atoms with E-state index in [1.165, 1.54) is 0 Å². The predicted molar refractivity (Wildman–Crippen MR) is 53.6 cm³/mol. The summed E-state index contributed by atoms with van der Waals surface area (Å²) in [4.78, 5) is 11.2. The average Bonchev–Trinajstić information content (AvgIpc) is 2.50. The van der Waals surface area contributed by atoms with Crippen LogP contribution in [-0.4, -0.2) is 28.3 Å². The van der Waals surface area contributed by atoms with Gasteiger partial charge in [0.25, 0.3) is 0 Å². The highest BCUT2D eigenvalue weighted by molar-refractivity contribution is 5.84. The monoisotopic (exact) mass is 196 g/mol. The van der Waals surface area contributed by atoms with E-state index in [4.69, 9.17) is 5.73 Å². The molecular weight excluding hydrogens is 180 g/mol. The molecule has 0 aliphatic rings. The zero-order chi connectivity index (χ0) is 10.8. The summed E-state index contributed by atoms with van der Waals surface area (Å²) in [6.07, 6.45) is 1.83. The number of rotatable bonds is 4. The first kappa shape index (κ1) is 10.7. The summed E-state index contributed by atoms with van der Waals surface area (Å²) in [7, 11) is 1.71. The molecule has 1 aromatic heterocycles. The molecule has 0 saturated heterocycles. The number of nitrogens with one attached hydrogen (secondary N) is 1. The van der Waals surface area contributed by atoms with Gasteiger partial charge in [-0.3, -0.25) is 9.48 Å². The summed E-state index contributed by atoms with van der Waals surface area (Å²) < 4.78 is 1.70. The smallest absolute Gasteiger partial charge is 0.239 e. The molecule has 0 radical (unpaired) electrons. The van der Waals surface area contributed by atoms with Crippen LogP contribution in [0.5, 0.6) is 0 Å². The fraction of sp³-hybridized carbons (Fsp3) is 0.556. The van der Waals surface area contributed by atoms with Crippen LogP contribution in [0.4, 0.5) is 0 Å². The van der Waals surface area contributed by atoms with Gasteiger partial charge in [-0.05, 0) is 27.0 Å². The molecule has 1 heterocycles. The number of hydrogen-bond donors (Lipinski definition) is 2. The van der Waals surface area contributed by atoms with Crippen LogP contribution in [0.1, 0.15) is 12.6 Å². The number of nitrogens with two attached hydrogens (primary N) is 1. The summed E-state index contributed by atoms with van der Waals surface area (Å²) in [5.41, 5.74) is 5.47. The summed E-state index contributed by atoms with van der Waals surface area (Å²) in [5, 5.41) is 7.10. The third kappa shape index (κ3) is 2.11. The molecule has 0 bridgehead atoms. The lowest BCUT2D eigenvalue weighted by atomic mass is 10.0. The van der Waals surface area contributed by atoms with Crippen LogP contribution in [0, 0.1) is 6.92 Å². The van der Waals surface area contributed by atoms with Crippen LogP contribution in [0.15, 0.2) is 12.3 Å². The minimum atomic E-state index is -0.752. The second-order valence-corrected chi connectivity index (χ2v) is 3.60. The van der Waals surface area contributed by atoms with E-state index in [2.05, 4.69) is 10.4 Å². The van der Waals surface area contributed by atoms with Gasteiger partial charge < -0.3 is 11.1 Å². The lowest BCUT2D eigenvalue weighted by Gasteiger charge is -2.25. The van der Waals surface area contributed by atoms with Gasteiger partial charge in [0.1, 0.15) is 5.54 Å². The van der Waals surface area contributed by atoms with Gasteiger partial charge in [0.05, 0.1) is 12.2 Å². The Morgan fingerprint density at radius 1 is 1.79 bits per heavy atom. The number of nitrogens with zero attached hydrogens (tertiary/aromatic N) is 2. The molecule has 1 rings (SSSR count). The first-order valence-electron chi connectivity index (χ1n) is 4.47. The molecule has 5 nitrogen and oxygen atoms in total. The van der Waals surface area contributed by atoms with Crippen LogP contribution < -0.4 is 11.1 Å². The highest BCUT2D eigenvalue weighted by atomic mass is 16.1. The van der Waals surface area contributed by atoms with Crippen molar-refractivity contribution in [3.8, 4) is 0 Å². The number of aryl methyl sites for hydroxylation is 1. The number of carbonyl (C=O) groups excluding carboxylic acids is 1. The number of hydrogen-bond acceptors (Lipinski definition) is 3. The second-order valence-electron chi connectivity index (χ2n) is 3.60. The average molecular weight is 196 g/mol. The van der Waals surface area contributed by atoms with Crippen molar-refractivity contribution in [1.29, 1.82) is 0 Å². The van der Waals surface area contributed by atoms with Gasteiger partial charge in [-0.1, -0.05) is 0 Å². The maximum Gasteiger partial charge on any atom is 0.239 e. The Kier molecular flexibility index (Phi) is 2.90. The van der Waals surface area contributed by atoms with Crippen LogP contribution in [-0.2, 0) is 11.3 Å². The van der Waals surface area contributed by atoms with Crippen molar-refractivity contribution >= 4 is 5.91 Å². The van der Waals surface area contributed by atoms with Gasteiger partial charge in [-0.25, -0.2) is 0 Å². The maximum absolute atomic E-state index is 11.2. The zero-order valence-corrected chi connectivity index (χ0v) is 8.74. The lowest BCUT2D eigenvalue weighted by Crippen LogP contribution is -2.54. The Bertz CT molecular complexity index is 333. The second kappa shape index (κ2) is 3.79. The van der Waals surface area contributed by atoms with Crippen LogP contribution in [0.25, 0.3) is 0 Å². The van der Waals surface area contributed by atoms with Crippen LogP contribution in [0.2, 0.25) is 0 Å². The van der Waals surface area contributed by atoms with Crippen molar-refractivity contribution in [3.05, 3.63) is 18.0 Å². The molecule has 0 saturated carbocycles. The molecule has 0 aromatic carbocycles. The lowest BCUT2D eigenvalue weighted by molar-refractivity contribution is -0.124. The number of primary amides is 1. The Morgan fingerprint density at radius 2 is 2.43 bits per heavy atom.